The predicted octanol–water partition coefficient (Wildman–Crippen LogP) is 2.43. The van der Waals surface area contributed by atoms with Gasteiger partial charge in [-0.2, -0.15) is 0 Å². The smallest absolute Gasteiger partial charge is 0.303 e. The topological polar surface area (TPSA) is 66.4 Å². The minimum Gasteiger partial charge on any atom is -0.481 e. The van der Waals surface area contributed by atoms with Crippen molar-refractivity contribution in [2.75, 3.05) is 6.54 Å². The van der Waals surface area contributed by atoms with Crippen molar-refractivity contribution in [2.24, 2.45) is 11.3 Å². The number of hydrogen-bond acceptors (Lipinski definition) is 2. The lowest BCUT2D eigenvalue weighted by Crippen LogP contribution is -2.27. The van der Waals surface area contributed by atoms with Gasteiger partial charge in [0.25, 0.3) is 0 Å². The summed E-state index contributed by atoms with van der Waals surface area (Å²) in [4.78, 5) is 21.8. The molecule has 0 radical (unpaired) electrons. The number of nitrogens with one attached hydrogen (secondary N) is 1. The zero-order chi connectivity index (χ0) is 13.5. The molecule has 0 aliphatic rings. The molecule has 4 heteroatoms. The first-order valence-electron chi connectivity index (χ1n) is 6.19. The highest BCUT2D eigenvalue weighted by Gasteiger charge is 2.17. The van der Waals surface area contributed by atoms with E-state index in [0.29, 0.717) is 25.3 Å². The number of carbonyl (C=O) groups excluding carboxylic acids is 1. The summed E-state index contributed by atoms with van der Waals surface area (Å²) in [6.45, 7) is 9.01. The van der Waals surface area contributed by atoms with E-state index in [1.54, 1.807) is 0 Å². The Morgan fingerprint density at radius 1 is 1.29 bits per heavy atom. The van der Waals surface area contributed by atoms with Crippen LogP contribution in [0, 0.1) is 11.3 Å². The van der Waals surface area contributed by atoms with Gasteiger partial charge in [-0.1, -0.05) is 27.7 Å². The van der Waals surface area contributed by atoms with Crippen LogP contribution in [0.3, 0.4) is 0 Å². The lowest BCUT2D eigenvalue weighted by Gasteiger charge is -2.22. The number of carboxylic acid groups (broad SMARTS) is 1. The zero-order valence-corrected chi connectivity index (χ0v) is 11.4. The monoisotopic (exact) mass is 243 g/mol. The van der Waals surface area contributed by atoms with Crippen LogP contribution >= 0.6 is 0 Å². The van der Waals surface area contributed by atoms with Gasteiger partial charge in [-0.05, 0) is 24.2 Å². The number of rotatable bonds is 7. The minimum atomic E-state index is -0.819. The van der Waals surface area contributed by atoms with Gasteiger partial charge >= 0.3 is 5.97 Å². The van der Waals surface area contributed by atoms with Crippen LogP contribution in [0.1, 0.15) is 53.4 Å². The quantitative estimate of drug-likeness (QED) is 0.675. The first kappa shape index (κ1) is 15.9. The van der Waals surface area contributed by atoms with Crippen LogP contribution in [0.5, 0.6) is 0 Å². The average Bonchev–Trinajstić information content (AvgIpc) is 2.08. The first-order chi connectivity index (χ1) is 7.70. The highest BCUT2D eigenvalue weighted by atomic mass is 16.4. The molecule has 0 bridgehead atoms. The van der Waals surface area contributed by atoms with Crippen molar-refractivity contribution in [3.05, 3.63) is 0 Å². The van der Waals surface area contributed by atoms with Gasteiger partial charge in [0, 0.05) is 19.4 Å². The Morgan fingerprint density at radius 2 is 1.88 bits per heavy atom. The van der Waals surface area contributed by atoms with Crippen LogP contribution in [-0.2, 0) is 9.59 Å². The number of amides is 1. The fourth-order valence-electron chi connectivity index (χ4n) is 1.97. The van der Waals surface area contributed by atoms with Gasteiger partial charge in [0.1, 0.15) is 0 Å². The van der Waals surface area contributed by atoms with Crippen molar-refractivity contribution in [1.82, 2.24) is 5.32 Å². The Hall–Kier alpha value is -1.06. The molecule has 0 aliphatic carbocycles. The third-order valence-electron chi connectivity index (χ3n) is 2.38. The number of aliphatic carboxylic acids is 1. The minimum absolute atomic E-state index is 0.0205. The summed E-state index contributed by atoms with van der Waals surface area (Å²) in [5.41, 5.74) is 0.239. The predicted molar refractivity (Wildman–Crippen MR) is 67.7 cm³/mol. The van der Waals surface area contributed by atoms with E-state index in [0.717, 1.165) is 6.42 Å². The summed E-state index contributed by atoms with van der Waals surface area (Å²) in [6, 6.07) is 0. The molecule has 4 nitrogen and oxygen atoms in total. The molecule has 0 saturated carbocycles. The summed E-state index contributed by atoms with van der Waals surface area (Å²) in [7, 11) is 0. The molecule has 0 fully saturated rings. The average molecular weight is 243 g/mol. The molecule has 0 aliphatic heterocycles. The van der Waals surface area contributed by atoms with Crippen molar-refractivity contribution in [2.45, 2.75) is 53.4 Å². The molecule has 17 heavy (non-hydrogen) atoms. The largest absolute Gasteiger partial charge is 0.481 e. The Labute approximate surface area is 104 Å². The molecule has 0 heterocycles. The second-order valence-corrected chi connectivity index (χ2v) is 5.92. The molecule has 0 aromatic heterocycles. The standard InChI is InChI=1S/C13H25NO3/c1-10(9-13(2,3)4)8-11(15)14-7-5-6-12(16)17/h10H,5-9H2,1-4H3,(H,14,15)(H,16,17). The second-order valence-electron chi connectivity index (χ2n) is 5.92. The molecule has 0 aromatic carbocycles. The number of hydrogen-bond donors (Lipinski definition) is 2. The molecule has 1 amide bonds. The maximum absolute atomic E-state index is 11.5. The third kappa shape index (κ3) is 11.2. The van der Waals surface area contributed by atoms with E-state index in [2.05, 4.69) is 33.0 Å². The molecule has 0 spiro atoms. The van der Waals surface area contributed by atoms with E-state index < -0.39 is 5.97 Å². The summed E-state index contributed by atoms with van der Waals surface area (Å²) in [5, 5.41) is 11.2. The van der Waals surface area contributed by atoms with Crippen LogP contribution in [0.25, 0.3) is 0 Å². The van der Waals surface area contributed by atoms with Gasteiger partial charge in [0.05, 0.1) is 0 Å². The zero-order valence-electron chi connectivity index (χ0n) is 11.4. The molecular formula is C13H25NO3. The fraction of sp³-hybridized carbons (Fsp3) is 0.846. The Kier molecular flexibility index (Phi) is 6.85. The van der Waals surface area contributed by atoms with Gasteiger partial charge in [0.2, 0.25) is 5.91 Å². The Bertz CT molecular complexity index is 256. The highest BCUT2D eigenvalue weighted by Crippen LogP contribution is 2.25. The maximum atomic E-state index is 11.5. The Balaban J connectivity index is 3.68. The van der Waals surface area contributed by atoms with Gasteiger partial charge < -0.3 is 10.4 Å². The molecular weight excluding hydrogens is 218 g/mol. The van der Waals surface area contributed by atoms with E-state index >= 15 is 0 Å². The summed E-state index contributed by atoms with van der Waals surface area (Å²) in [6.07, 6.45) is 2.13. The van der Waals surface area contributed by atoms with Crippen LogP contribution in [0.4, 0.5) is 0 Å². The van der Waals surface area contributed by atoms with E-state index in [1.165, 1.54) is 0 Å². The van der Waals surface area contributed by atoms with Crippen LogP contribution in [0.15, 0.2) is 0 Å². The molecule has 1 atom stereocenters. The van der Waals surface area contributed by atoms with Crippen molar-refractivity contribution >= 4 is 11.9 Å². The summed E-state index contributed by atoms with van der Waals surface area (Å²) in [5.74, 6) is -0.443. The van der Waals surface area contributed by atoms with Crippen molar-refractivity contribution in [3.63, 3.8) is 0 Å². The third-order valence-corrected chi connectivity index (χ3v) is 2.38. The molecule has 0 rings (SSSR count). The first-order valence-corrected chi connectivity index (χ1v) is 6.19. The van der Waals surface area contributed by atoms with Gasteiger partial charge in [-0.3, -0.25) is 9.59 Å². The van der Waals surface area contributed by atoms with Gasteiger partial charge in [-0.15, -0.1) is 0 Å². The van der Waals surface area contributed by atoms with Gasteiger partial charge in [-0.25, -0.2) is 0 Å². The van der Waals surface area contributed by atoms with Crippen LogP contribution in [0.2, 0.25) is 0 Å². The highest BCUT2D eigenvalue weighted by molar-refractivity contribution is 5.76. The van der Waals surface area contributed by atoms with E-state index in [9.17, 15) is 9.59 Å². The van der Waals surface area contributed by atoms with E-state index in [1.807, 2.05) is 0 Å². The van der Waals surface area contributed by atoms with Crippen molar-refractivity contribution in [1.29, 1.82) is 0 Å². The fourth-order valence-corrected chi connectivity index (χ4v) is 1.97. The molecule has 1 unspecified atom stereocenters. The van der Waals surface area contributed by atoms with Crippen LogP contribution in [-0.4, -0.2) is 23.5 Å². The Morgan fingerprint density at radius 3 is 2.35 bits per heavy atom. The molecule has 100 valence electrons. The normalized spacial score (nSPS) is 13.2. The second kappa shape index (κ2) is 7.30. The van der Waals surface area contributed by atoms with E-state index in [-0.39, 0.29) is 17.7 Å². The summed E-state index contributed by atoms with van der Waals surface area (Å²) >= 11 is 0. The van der Waals surface area contributed by atoms with Crippen LogP contribution < -0.4 is 5.32 Å². The lowest BCUT2D eigenvalue weighted by molar-refractivity contribution is -0.137. The molecule has 0 aromatic rings. The molecule has 2 N–H and O–H groups in total. The number of carboxylic acids is 1. The van der Waals surface area contributed by atoms with Crippen molar-refractivity contribution in [3.8, 4) is 0 Å². The lowest BCUT2D eigenvalue weighted by atomic mass is 9.84. The SMILES string of the molecule is CC(CC(=O)NCCCC(=O)O)CC(C)(C)C. The summed E-state index contributed by atoms with van der Waals surface area (Å²) < 4.78 is 0. The molecule has 0 saturated heterocycles. The van der Waals surface area contributed by atoms with E-state index in [4.69, 9.17) is 5.11 Å². The maximum Gasteiger partial charge on any atom is 0.303 e. The van der Waals surface area contributed by atoms with Gasteiger partial charge in [0.15, 0.2) is 0 Å². The van der Waals surface area contributed by atoms with Crippen molar-refractivity contribution < 1.29 is 14.7 Å². The number of carbonyl (C=O) groups is 2.